The molecule has 0 aromatic carbocycles. The van der Waals surface area contributed by atoms with Crippen LogP contribution in [0.15, 0.2) is 17.3 Å². The Balaban J connectivity index is 3.22. The van der Waals surface area contributed by atoms with E-state index in [9.17, 15) is 9.70 Å². The third kappa shape index (κ3) is 1.78. The molecule has 0 bridgehead atoms. The van der Waals surface area contributed by atoms with E-state index in [0.29, 0.717) is 0 Å². The number of carbonyl (C=O) groups excluding carboxylic acids is 1. The van der Waals surface area contributed by atoms with Gasteiger partial charge in [0.15, 0.2) is 5.69 Å². The zero-order valence-corrected chi connectivity index (χ0v) is 7.13. The minimum atomic E-state index is -1.03. The summed E-state index contributed by atoms with van der Waals surface area (Å²) >= 11 is 11.0. The van der Waals surface area contributed by atoms with Crippen molar-refractivity contribution in [1.29, 1.82) is 0 Å². The third-order valence-corrected chi connectivity index (χ3v) is 1.61. The van der Waals surface area contributed by atoms with Crippen LogP contribution in [0.5, 0.6) is 0 Å². The van der Waals surface area contributed by atoms with Crippen molar-refractivity contribution >= 4 is 29.1 Å². The van der Waals surface area contributed by atoms with E-state index in [2.05, 4.69) is 10.2 Å². The van der Waals surface area contributed by atoms with E-state index in [1.165, 1.54) is 12.1 Å². The molecule has 0 radical (unpaired) electrons. The maximum absolute atomic E-state index is 10.7. The van der Waals surface area contributed by atoms with Crippen LogP contribution in [-0.4, -0.2) is 10.9 Å². The summed E-state index contributed by atoms with van der Waals surface area (Å²) in [5.41, 5.74) is -0.223. The molecule has 4 nitrogen and oxygen atoms in total. The number of hydrogen-bond acceptors (Lipinski definition) is 3. The van der Waals surface area contributed by atoms with Gasteiger partial charge in [0.2, 0.25) is 0 Å². The monoisotopic (exact) mass is 204 g/mol. The van der Waals surface area contributed by atoms with E-state index in [4.69, 9.17) is 23.2 Å². The molecule has 0 atom stereocenters. The van der Waals surface area contributed by atoms with E-state index in [0.717, 1.165) is 0 Å². The maximum atomic E-state index is 10.7. The molecule has 0 spiro atoms. The van der Waals surface area contributed by atoms with E-state index >= 15 is 0 Å². The number of nitroso groups, excluding NO2 is 1. The molecule has 0 aliphatic heterocycles. The summed E-state index contributed by atoms with van der Waals surface area (Å²) in [7, 11) is 0. The van der Waals surface area contributed by atoms with Gasteiger partial charge in [0.25, 0.3) is 0 Å². The lowest BCUT2D eigenvalue weighted by Crippen LogP contribution is -1.98. The highest BCUT2D eigenvalue weighted by Crippen LogP contribution is 2.17. The first kappa shape index (κ1) is 9.09. The van der Waals surface area contributed by atoms with Crippen molar-refractivity contribution in [3.05, 3.63) is 32.9 Å². The van der Waals surface area contributed by atoms with Crippen LogP contribution in [0.1, 0.15) is 10.5 Å². The Hall–Kier alpha value is -1.000. The summed E-state index contributed by atoms with van der Waals surface area (Å²) in [6, 6.07) is 2.78. The van der Waals surface area contributed by atoms with E-state index < -0.39 is 5.91 Å². The van der Waals surface area contributed by atoms with Gasteiger partial charge in [-0.05, 0) is 12.1 Å². The molecule has 0 fully saturated rings. The van der Waals surface area contributed by atoms with Gasteiger partial charge in [0.1, 0.15) is 5.15 Å². The normalized spacial score (nSPS) is 9.50. The van der Waals surface area contributed by atoms with Crippen molar-refractivity contribution in [2.75, 3.05) is 0 Å². The first-order valence-electron chi connectivity index (χ1n) is 2.85. The Morgan fingerprint density at radius 1 is 1.42 bits per heavy atom. The molecule has 1 amide bonds. The predicted molar refractivity (Wildman–Crippen MR) is 44.4 cm³/mol. The number of hydrogen-bond donors (Lipinski definition) is 0. The number of aromatic nitrogens is 1. The Bertz CT molecular complexity index is 340. The Labute approximate surface area is 77.5 Å². The van der Waals surface area contributed by atoms with Crippen LogP contribution in [0, 0.1) is 4.91 Å². The number of carbonyl (C=O) groups is 1. The van der Waals surface area contributed by atoms with E-state index in [-0.39, 0.29) is 15.9 Å². The first-order chi connectivity index (χ1) is 5.65. The highest BCUT2D eigenvalue weighted by molar-refractivity contribution is 6.34. The van der Waals surface area contributed by atoms with Crippen molar-refractivity contribution in [2.24, 2.45) is 5.18 Å². The molecule has 6 heteroatoms. The fraction of sp³-hybridized carbons (Fsp3) is 0. The number of pyridine rings is 1. The maximum Gasteiger partial charge on any atom is 0.336 e. The number of halogens is 2. The molecule has 0 N–H and O–H groups in total. The lowest BCUT2D eigenvalue weighted by molar-refractivity contribution is 0.0996. The summed E-state index contributed by atoms with van der Waals surface area (Å²) in [4.78, 5) is 24.1. The van der Waals surface area contributed by atoms with Crippen LogP contribution in [-0.2, 0) is 0 Å². The first-order valence-corrected chi connectivity index (χ1v) is 3.60. The zero-order chi connectivity index (χ0) is 9.14. The van der Waals surface area contributed by atoms with Gasteiger partial charge in [-0.3, -0.25) is 4.79 Å². The van der Waals surface area contributed by atoms with Crippen LogP contribution in [0.2, 0.25) is 10.2 Å². The molecule has 1 aromatic heterocycles. The number of nitrogens with zero attached hydrogens (tertiary/aromatic N) is 2. The highest BCUT2D eigenvalue weighted by atomic mass is 35.5. The molecule has 62 valence electrons. The largest absolute Gasteiger partial charge is 0.336 e. The standard InChI is InChI=1S/C6H2Cl2N2O2/c7-3-1-2-4(8)9-5(3)6(11)10-12/h1-2H. The number of amides is 1. The summed E-state index contributed by atoms with van der Waals surface area (Å²) in [6.07, 6.45) is 0. The average molecular weight is 205 g/mol. The second-order valence-corrected chi connectivity index (χ2v) is 2.66. The molecule has 0 aliphatic carbocycles. The fourth-order valence-corrected chi connectivity index (χ4v) is 0.945. The Morgan fingerprint density at radius 3 is 2.67 bits per heavy atom. The van der Waals surface area contributed by atoms with Crippen LogP contribution in [0.25, 0.3) is 0 Å². The molecule has 1 rings (SSSR count). The van der Waals surface area contributed by atoms with Crippen LogP contribution in [0.4, 0.5) is 0 Å². The van der Waals surface area contributed by atoms with Crippen molar-refractivity contribution in [1.82, 2.24) is 4.98 Å². The van der Waals surface area contributed by atoms with Gasteiger partial charge in [-0.15, -0.1) is 4.91 Å². The van der Waals surface area contributed by atoms with Gasteiger partial charge in [-0.25, -0.2) is 4.98 Å². The summed E-state index contributed by atoms with van der Waals surface area (Å²) in [6.45, 7) is 0. The van der Waals surface area contributed by atoms with Gasteiger partial charge < -0.3 is 0 Å². The van der Waals surface area contributed by atoms with Crippen LogP contribution >= 0.6 is 23.2 Å². The van der Waals surface area contributed by atoms with Gasteiger partial charge >= 0.3 is 5.91 Å². The van der Waals surface area contributed by atoms with E-state index in [1.54, 1.807) is 0 Å². The van der Waals surface area contributed by atoms with Gasteiger partial charge in [-0.1, -0.05) is 23.2 Å². The molecule has 1 heterocycles. The third-order valence-electron chi connectivity index (χ3n) is 1.10. The molecular formula is C6H2Cl2N2O2. The second-order valence-electron chi connectivity index (χ2n) is 1.86. The number of rotatable bonds is 1. The van der Waals surface area contributed by atoms with Crippen molar-refractivity contribution < 1.29 is 4.79 Å². The lowest BCUT2D eigenvalue weighted by atomic mass is 10.3. The van der Waals surface area contributed by atoms with Gasteiger partial charge in [-0.2, -0.15) is 0 Å². The molecule has 0 unspecified atom stereocenters. The minimum Gasteiger partial charge on any atom is -0.261 e. The quantitative estimate of drug-likeness (QED) is 0.521. The summed E-state index contributed by atoms with van der Waals surface area (Å²) < 4.78 is 0. The second kappa shape index (κ2) is 3.60. The molecule has 1 aromatic rings. The van der Waals surface area contributed by atoms with Crippen molar-refractivity contribution in [2.45, 2.75) is 0 Å². The van der Waals surface area contributed by atoms with Gasteiger partial charge in [0.05, 0.1) is 5.02 Å². The predicted octanol–water partition coefficient (Wildman–Crippen LogP) is 2.30. The van der Waals surface area contributed by atoms with Crippen molar-refractivity contribution in [3.63, 3.8) is 0 Å². The van der Waals surface area contributed by atoms with Crippen molar-refractivity contribution in [3.8, 4) is 0 Å². The SMILES string of the molecule is O=NC(=O)c1nc(Cl)ccc1Cl. The summed E-state index contributed by atoms with van der Waals surface area (Å²) in [5.74, 6) is -1.03. The molecule has 12 heavy (non-hydrogen) atoms. The molecule has 0 aliphatic rings. The molecule has 0 saturated carbocycles. The minimum absolute atomic E-state index is 0.0593. The van der Waals surface area contributed by atoms with E-state index in [1.807, 2.05) is 0 Å². The Kier molecular flexibility index (Phi) is 2.73. The topological polar surface area (TPSA) is 59.4 Å². The average Bonchev–Trinajstić information content (AvgIpc) is 2.08. The van der Waals surface area contributed by atoms with Crippen LogP contribution < -0.4 is 0 Å². The zero-order valence-electron chi connectivity index (χ0n) is 5.62. The fourth-order valence-electron chi connectivity index (χ4n) is 0.612. The lowest BCUT2D eigenvalue weighted by Gasteiger charge is -1.95. The summed E-state index contributed by atoms with van der Waals surface area (Å²) in [5, 5.41) is 2.31. The highest BCUT2D eigenvalue weighted by Gasteiger charge is 2.12. The van der Waals surface area contributed by atoms with Gasteiger partial charge in [0, 0.05) is 5.18 Å². The van der Waals surface area contributed by atoms with Crippen LogP contribution in [0.3, 0.4) is 0 Å². The molecular weight excluding hydrogens is 203 g/mol. The molecule has 0 saturated heterocycles. The Morgan fingerprint density at radius 2 is 2.08 bits per heavy atom. The smallest absolute Gasteiger partial charge is 0.261 e.